The number of hydrogen-bond donors (Lipinski definition) is 3. The molecule has 0 saturated carbocycles. The minimum Gasteiger partial charge on any atom is -0.480 e. The molecule has 0 aromatic carbocycles. The van der Waals surface area contributed by atoms with Crippen LogP contribution in [0.4, 0.5) is 0 Å². The third kappa shape index (κ3) is 6.45. The zero-order valence-corrected chi connectivity index (χ0v) is 7.85. The Hall–Kier alpha value is -0.260. The summed E-state index contributed by atoms with van der Waals surface area (Å²) in [5.41, 5.74) is 10.6. The van der Waals surface area contributed by atoms with Crippen molar-refractivity contribution in [3.05, 3.63) is 0 Å². The number of rotatable bonds is 7. The highest BCUT2D eigenvalue weighted by Gasteiger charge is 2.09. The summed E-state index contributed by atoms with van der Waals surface area (Å²) in [6, 6.07) is -0.713. The Morgan fingerprint density at radius 2 is 2.17 bits per heavy atom. The van der Waals surface area contributed by atoms with Gasteiger partial charge in [-0.3, -0.25) is 4.79 Å². The fourth-order valence-corrected chi connectivity index (χ4v) is 1.62. The Kier molecular flexibility index (Phi) is 7.23. The molecule has 1 atom stereocenters. The lowest BCUT2D eigenvalue weighted by Crippen LogP contribution is -2.30. The number of hydrogen-bond acceptors (Lipinski definition) is 4. The smallest absolute Gasteiger partial charge is 0.320 e. The molecule has 0 aromatic rings. The summed E-state index contributed by atoms with van der Waals surface area (Å²) in [5, 5.41) is 8.43. The molecule has 0 radical (unpaired) electrons. The van der Waals surface area contributed by atoms with Crippen molar-refractivity contribution in [2.24, 2.45) is 11.5 Å². The summed E-state index contributed by atoms with van der Waals surface area (Å²) in [5.74, 6) is 0.866. The Morgan fingerprint density at radius 3 is 2.67 bits per heavy atom. The van der Waals surface area contributed by atoms with Gasteiger partial charge in [0.2, 0.25) is 0 Å². The zero-order valence-electron chi connectivity index (χ0n) is 7.03. The first-order valence-corrected chi connectivity index (χ1v) is 5.10. The van der Waals surface area contributed by atoms with Gasteiger partial charge in [0.05, 0.1) is 0 Å². The third-order valence-electron chi connectivity index (χ3n) is 1.38. The van der Waals surface area contributed by atoms with Crippen LogP contribution in [-0.2, 0) is 4.79 Å². The molecular formula is C7H16N2O2S. The van der Waals surface area contributed by atoms with Gasteiger partial charge in [0.1, 0.15) is 6.04 Å². The number of carboxylic acids is 1. The number of aliphatic carboxylic acids is 1. The maximum atomic E-state index is 10.3. The van der Waals surface area contributed by atoms with E-state index in [1.165, 1.54) is 0 Å². The molecule has 0 saturated heterocycles. The van der Waals surface area contributed by atoms with Crippen LogP contribution in [0, 0.1) is 0 Å². The lowest BCUT2D eigenvalue weighted by atomic mass is 10.2. The minimum atomic E-state index is -0.922. The average Bonchev–Trinajstić information content (AvgIpc) is 2.03. The van der Waals surface area contributed by atoms with E-state index in [9.17, 15) is 4.79 Å². The molecule has 0 bridgehead atoms. The Labute approximate surface area is 76.7 Å². The molecular weight excluding hydrogens is 176 g/mol. The molecule has 0 amide bonds. The molecule has 0 unspecified atom stereocenters. The van der Waals surface area contributed by atoms with E-state index in [1.807, 2.05) is 0 Å². The fraction of sp³-hybridized carbons (Fsp3) is 0.857. The fourth-order valence-electron chi connectivity index (χ4n) is 0.621. The third-order valence-corrected chi connectivity index (χ3v) is 2.48. The first kappa shape index (κ1) is 11.7. The van der Waals surface area contributed by atoms with Gasteiger partial charge in [-0.15, -0.1) is 0 Å². The lowest BCUT2D eigenvalue weighted by molar-refractivity contribution is -0.138. The van der Waals surface area contributed by atoms with Crippen molar-refractivity contribution in [3.8, 4) is 0 Å². The monoisotopic (exact) mass is 192 g/mol. The van der Waals surface area contributed by atoms with E-state index in [2.05, 4.69) is 0 Å². The van der Waals surface area contributed by atoms with Gasteiger partial charge in [-0.05, 0) is 30.9 Å². The molecule has 0 aliphatic heterocycles. The highest BCUT2D eigenvalue weighted by atomic mass is 32.2. The highest BCUT2D eigenvalue weighted by molar-refractivity contribution is 7.99. The topological polar surface area (TPSA) is 89.3 Å². The molecule has 0 rings (SSSR count). The molecule has 12 heavy (non-hydrogen) atoms. The van der Waals surface area contributed by atoms with E-state index in [-0.39, 0.29) is 0 Å². The van der Waals surface area contributed by atoms with Gasteiger partial charge < -0.3 is 16.6 Å². The van der Waals surface area contributed by atoms with Crippen molar-refractivity contribution in [2.75, 3.05) is 18.1 Å². The predicted octanol–water partition coefficient (Wildman–Crippen LogP) is -0.130. The minimum absolute atomic E-state index is 0.532. The van der Waals surface area contributed by atoms with E-state index >= 15 is 0 Å². The van der Waals surface area contributed by atoms with Crippen molar-refractivity contribution < 1.29 is 9.90 Å². The quantitative estimate of drug-likeness (QED) is 0.489. The van der Waals surface area contributed by atoms with E-state index < -0.39 is 12.0 Å². The van der Waals surface area contributed by atoms with Gasteiger partial charge in [-0.1, -0.05) is 0 Å². The van der Waals surface area contributed by atoms with E-state index in [4.69, 9.17) is 16.6 Å². The second-order valence-corrected chi connectivity index (χ2v) is 3.71. The summed E-state index contributed by atoms with van der Waals surface area (Å²) < 4.78 is 0. The Balaban J connectivity index is 3.14. The maximum Gasteiger partial charge on any atom is 0.320 e. The van der Waals surface area contributed by atoms with Crippen LogP contribution in [0.25, 0.3) is 0 Å². The molecule has 5 heteroatoms. The van der Waals surface area contributed by atoms with E-state index in [0.717, 1.165) is 17.9 Å². The van der Waals surface area contributed by atoms with Crippen LogP contribution in [0.15, 0.2) is 0 Å². The van der Waals surface area contributed by atoms with Crippen LogP contribution >= 0.6 is 11.8 Å². The Bertz CT molecular complexity index is 133. The van der Waals surface area contributed by atoms with Crippen molar-refractivity contribution in [1.82, 2.24) is 0 Å². The number of carboxylic acid groups (broad SMARTS) is 1. The molecule has 0 aliphatic carbocycles. The molecule has 0 aliphatic rings. The SMILES string of the molecule is NCCCSCC[C@H](N)C(=O)O. The number of carbonyl (C=O) groups is 1. The van der Waals surface area contributed by atoms with Gasteiger partial charge in [-0.25, -0.2) is 0 Å². The standard InChI is InChI=1S/C7H16N2O2S/c8-3-1-4-12-5-2-6(9)7(10)11/h6H,1-5,8-9H2,(H,10,11)/t6-/m0/s1. The lowest BCUT2D eigenvalue weighted by Gasteiger charge is -2.04. The summed E-state index contributed by atoms with van der Waals surface area (Å²) >= 11 is 1.70. The van der Waals surface area contributed by atoms with Crippen LogP contribution in [0.2, 0.25) is 0 Å². The highest BCUT2D eigenvalue weighted by Crippen LogP contribution is 2.05. The zero-order chi connectivity index (χ0) is 9.40. The normalized spacial score (nSPS) is 12.8. The van der Waals surface area contributed by atoms with Crippen molar-refractivity contribution in [1.29, 1.82) is 0 Å². The molecule has 4 nitrogen and oxygen atoms in total. The molecule has 0 heterocycles. The van der Waals surface area contributed by atoms with Crippen LogP contribution in [0.1, 0.15) is 12.8 Å². The van der Waals surface area contributed by atoms with Gasteiger partial charge in [0.15, 0.2) is 0 Å². The number of thioether (sulfide) groups is 1. The second-order valence-electron chi connectivity index (χ2n) is 2.49. The predicted molar refractivity (Wildman–Crippen MR) is 51.2 cm³/mol. The van der Waals surface area contributed by atoms with Crippen LogP contribution < -0.4 is 11.5 Å². The molecule has 72 valence electrons. The van der Waals surface area contributed by atoms with Crippen molar-refractivity contribution >= 4 is 17.7 Å². The maximum absolute atomic E-state index is 10.3. The first-order valence-electron chi connectivity index (χ1n) is 3.94. The van der Waals surface area contributed by atoms with Gasteiger partial charge in [0, 0.05) is 0 Å². The Morgan fingerprint density at radius 1 is 1.50 bits per heavy atom. The largest absolute Gasteiger partial charge is 0.480 e. The molecule has 0 aromatic heterocycles. The summed E-state index contributed by atoms with van der Waals surface area (Å²) in [4.78, 5) is 10.3. The van der Waals surface area contributed by atoms with Crippen LogP contribution in [0.3, 0.4) is 0 Å². The van der Waals surface area contributed by atoms with Crippen LogP contribution in [-0.4, -0.2) is 35.2 Å². The number of nitrogens with two attached hydrogens (primary N) is 2. The first-order chi connectivity index (χ1) is 5.68. The molecule has 5 N–H and O–H groups in total. The molecule has 0 spiro atoms. The van der Waals surface area contributed by atoms with E-state index in [1.54, 1.807) is 11.8 Å². The second kappa shape index (κ2) is 7.39. The van der Waals surface area contributed by atoms with Gasteiger partial charge in [-0.2, -0.15) is 11.8 Å². The van der Waals surface area contributed by atoms with Gasteiger partial charge in [0.25, 0.3) is 0 Å². The van der Waals surface area contributed by atoms with Crippen LogP contribution in [0.5, 0.6) is 0 Å². The summed E-state index contributed by atoms with van der Waals surface area (Å²) in [7, 11) is 0. The summed E-state index contributed by atoms with van der Waals surface area (Å²) in [6.45, 7) is 0.692. The van der Waals surface area contributed by atoms with Crippen molar-refractivity contribution in [2.45, 2.75) is 18.9 Å². The average molecular weight is 192 g/mol. The van der Waals surface area contributed by atoms with Crippen molar-refractivity contribution in [3.63, 3.8) is 0 Å². The van der Waals surface area contributed by atoms with Gasteiger partial charge >= 0.3 is 5.97 Å². The molecule has 0 fully saturated rings. The van der Waals surface area contributed by atoms with E-state index in [0.29, 0.717) is 13.0 Å². The summed E-state index contributed by atoms with van der Waals surface area (Å²) in [6.07, 6.45) is 1.51.